The number of ether oxygens (including phenoxy) is 1. The molecule has 0 aromatic rings. The first-order valence-corrected chi connectivity index (χ1v) is 9.24. The Morgan fingerprint density at radius 1 is 1.26 bits per heavy atom. The van der Waals surface area contributed by atoms with Gasteiger partial charge in [0.2, 0.25) is 0 Å². The highest BCUT2D eigenvalue weighted by Gasteiger charge is 2.38. The fourth-order valence-electron chi connectivity index (χ4n) is 3.17. The Bertz CT molecular complexity index is 348. The second-order valence-electron chi connectivity index (χ2n) is 5.55. The molecular formula is C14H29NO3S. The maximum atomic E-state index is 11.5. The number of hydrogen-bond acceptors (Lipinski definition) is 4. The molecule has 1 aliphatic carbocycles. The van der Waals surface area contributed by atoms with Crippen LogP contribution in [0.2, 0.25) is 0 Å². The molecule has 4 nitrogen and oxygen atoms in total. The van der Waals surface area contributed by atoms with Crippen molar-refractivity contribution in [2.45, 2.75) is 63.5 Å². The monoisotopic (exact) mass is 291 g/mol. The summed E-state index contributed by atoms with van der Waals surface area (Å²) in [6.45, 7) is 1.71. The molecule has 1 atom stereocenters. The molecule has 1 N–H and O–H groups in total. The van der Waals surface area contributed by atoms with Crippen molar-refractivity contribution in [3.8, 4) is 0 Å². The van der Waals surface area contributed by atoms with Crippen molar-refractivity contribution < 1.29 is 13.2 Å². The molecule has 19 heavy (non-hydrogen) atoms. The maximum Gasteiger partial charge on any atom is 0.150 e. The molecule has 114 valence electrons. The molecule has 5 heteroatoms. The predicted octanol–water partition coefficient (Wildman–Crippen LogP) is 2.14. The van der Waals surface area contributed by atoms with Crippen LogP contribution in [0.25, 0.3) is 0 Å². The Morgan fingerprint density at radius 2 is 1.89 bits per heavy atom. The average Bonchev–Trinajstić information content (AvgIpc) is 2.44. The lowest BCUT2D eigenvalue weighted by molar-refractivity contribution is -0.0677. The highest BCUT2D eigenvalue weighted by Crippen LogP contribution is 2.35. The number of hydrogen-bond donors (Lipinski definition) is 1. The Kier molecular flexibility index (Phi) is 6.77. The molecule has 0 radical (unpaired) electrons. The quantitative estimate of drug-likeness (QED) is 0.744. The summed E-state index contributed by atoms with van der Waals surface area (Å²) in [5, 5.41) is 3.35. The molecule has 0 bridgehead atoms. The van der Waals surface area contributed by atoms with Gasteiger partial charge >= 0.3 is 0 Å². The Labute approximate surface area is 118 Å². The molecule has 0 aromatic carbocycles. The van der Waals surface area contributed by atoms with Crippen molar-refractivity contribution >= 4 is 9.84 Å². The van der Waals surface area contributed by atoms with E-state index >= 15 is 0 Å². The summed E-state index contributed by atoms with van der Waals surface area (Å²) in [5.41, 5.74) is -0.0943. The summed E-state index contributed by atoms with van der Waals surface area (Å²) in [6.07, 6.45) is 7.44. The number of rotatable bonds is 8. The van der Waals surface area contributed by atoms with Crippen LogP contribution in [-0.2, 0) is 14.6 Å². The highest BCUT2D eigenvalue weighted by molar-refractivity contribution is 7.91. The molecule has 1 rings (SSSR count). The number of likely N-dealkylation sites (N-methyl/N-ethyl adjacent to an activating group) is 1. The normalized spacial score (nSPS) is 21.2. The summed E-state index contributed by atoms with van der Waals surface area (Å²) >= 11 is 0. The standard InChI is InChI=1S/C14H29NO3S/c1-4-19(16,17)12-8-9-13(15-2)14(18-3)10-6-5-7-11-14/h13,15H,4-12H2,1-3H3. The van der Waals surface area contributed by atoms with E-state index in [0.29, 0.717) is 12.2 Å². The molecule has 1 saturated carbocycles. The van der Waals surface area contributed by atoms with Crippen LogP contribution < -0.4 is 5.32 Å². The average molecular weight is 291 g/mol. The van der Waals surface area contributed by atoms with Gasteiger partial charge in [0.15, 0.2) is 0 Å². The van der Waals surface area contributed by atoms with Gasteiger partial charge in [0.1, 0.15) is 9.84 Å². The van der Waals surface area contributed by atoms with E-state index in [0.717, 1.165) is 19.3 Å². The van der Waals surface area contributed by atoms with Gasteiger partial charge in [-0.05, 0) is 32.7 Å². The molecule has 1 unspecified atom stereocenters. The molecule has 0 aliphatic heterocycles. The van der Waals surface area contributed by atoms with E-state index in [9.17, 15) is 8.42 Å². The Morgan fingerprint density at radius 3 is 2.37 bits per heavy atom. The largest absolute Gasteiger partial charge is 0.377 e. The van der Waals surface area contributed by atoms with Crippen LogP contribution in [0.5, 0.6) is 0 Å². The summed E-state index contributed by atoms with van der Waals surface area (Å²) in [4.78, 5) is 0. The Hall–Kier alpha value is -0.130. The summed E-state index contributed by atoms with van der Waals surface area (Å²) in [7, 11) is 0.894. The molecule has 0 amide bonds. The predicted molar refractivity (Wildman–Crippen MR) is 79.2 cm³/mol. The van der Waals surface area contributed by atoms with E-state index in [4.69, 9.17) is 4.74 Å². The minimum atomic E-state index is -2.85. The van der Waals surface area contributed by atoms with Crippen molar-refractivity contribution in [2.24, 2.45) is 0 Å². The van der Waals surface area contributed by atoms with Crippen LogP contribution in [0.1, 0.15) is 51.9 Å². The van der Waals surface area contributed by atoms with E-state index in [1.54, 1.807) is 14.0 Å². The molecule has 0 aromatic heterocycles. The zero-order chi connectivity index (χ0) is 14.4. The third-order valence-electron chi connectivity index (χ3n) is 4.48. The molecule has 0 spiro atoms. The summed E-state index contributed by atoms with van der Waals surface area (Å²) in [5.74, 6) is 0.536. The smallest absolute Gasteiger partial charge is 0.150 e. The SMILES string of the molecule is CCS(=O)(=O)CCCC(NC)C1(OC)CCCCC1. The van der Waals surface area contributed by atoms with E-state index < -0.39 is 9.84 Å². The van der Waals surface area contributed by atoms with Gasteiger partial charge in [0.05, 0.1) is 11.4 Å². The zero-order valence-electron chi connectivity index (χ0n) is 12.6. The maximum absolute atomic E-state index is 11.5. The van der Waals surface area contributed by atoms with Gasteiger partial charge in [-0.1, -0.05) is 26.2 Å². The lowest BCUT2D eigenvalue weighted by Gasteiger charge is -2.42. The van der Waals surface area contributed by atoms with Gasteiger partial charge in [-0.3, -0.25) is 0 Å². The zero-order valence-corrected chi connectivity index (χ0v) is 13.4. The topological polar surface area (TPSA) is 55.4 Å². The van der Waals surface area contributed by atoms with Crippen LogP contribution >= 0.6 is 0 Å². The van der Waals surface area contributed by atoms with Crippen molar-refractivity contribution in [1.29, 1.82) is 0 Å². The van der Waals surface area contributed by atoms with Crippen LogP contribution in [0, 0.1) is 0 Å². The van der Waals surface area contributed by atoms with Crippen molar-refractivity contribution in [1.82, 2.24) is 5.32 Å². The molecule has 0 saturated heterocycles. The summed E-state index contributed by atoms with van der Waals surface area (Å²) < 4.78 is 28.9. The number of sulfone groups is 1. The van der Waals surface area contributed by atoms with Crippen molar-refractivity contribution in [2.75, 3.05) is 25.7 Å². The van der Waals surface area contributed by atoms with Gasteiger partial charge in [0.25, 0.3) is 0 Å². The first kappa shape index (κ1) is 16.9. The third kappa shape index (κ3) is 4.72. The Balaban J connectivity index is 2.56. The lowest BCUT2D eigenvalue weighted by Crippen LogP contribution is -2.52. The summed E-state index contributed by atoms with van der Waals surface area (Å²) in [6, 6.07) is 0.254. The molecule has 1 fully saturated rings. The molecule has 0 heterocycles. The van der Waals surface area contributed by atoms with E-state index in [-0.39, 0.29) is 17.4 Å². The minimum absolute atomic E-state index is 0.0943. The van der Waals surface area contributed by atoms with Crippen LogP contribution in [-0.4, -0.2) is 45.7 Å². The highest BCUT2D eigenvalue weighted by atomic mass is 32.2. The van der Waals surface area contributed by atoms with Gasteiger partial charge in [0, 0.05) is 18.9 Å². The third-order valence-corrected chi connectivity index (χ3v) is 6.27. The first-order chi connectivity index (χ1) is 8.99. The van der Waals surface area contributed by atoms with Crippen molar-refractivity contribution in [3.05, 3.63) is 0 Å². The van der Waals surface area contributed by atoms with Crippen molar-refractivity contribution in [3.63, 3.8) is 0 Å². The second kappa shape index (κ2) is 7.60. The van der Waals surface area contributed by atoms with Crippen LogP contribution in [0.3, 0.4) is 0 Å². The fourth-order valence-corrected chi connectivity index (χ4v) is 4.06. The van der Waals surface area contributed by atoms with E-state index in [2.05, 4.69) is 5.32 Å². The molecular weight excluding hydrogens is 262 g/mol. The minimum Gasteiger partial charge on any atom is -0.377 e. The van der Waals surface area contributed by atoms with Gasteiger partial charge < -0.3 is 10.1 Å². The fraction of sp³-hybridized carbons (Fsp3) is 1.00. The van der Waals surface area contributed by atoms with E-state index in [1.165, 1.54) is 19.3 Å². The van der Waals surface area contributed by atoms with Crippen LogP contribution in [0.15, 0.2) is 0 Å². The first-order valence-electron chi connectivity index (χ1n) is 7.42. The number of nitrogens with one attached hydrogen (secondary N) is 1. The number of methoxy groups -OCH3 is 1. The lowest BCUT2D eigenvalue weighted by atomic mass is 9.77. The van der Waals surface area contributed by atoms with Crippen LogP contribution in [0.4, 0.5) is 0 Å². The van der Waals surface area contributed by atoms with Gasteiger partial charge in [-0.2, -0.15) is 0 Å². The van der Waals surface area contributed by atoms with E-state index in [1.807, 2.05) is 7.05 Å². The molecule has 1 aliphatic rings. The van der Waals surface area contributed by atoms with Gasteiger partial charge in [-0.25, -0.2) is 8.42 Å². The van der Waals surface area contributed by atoms with Gasteiger partial charge in [-0.15, -0.1) is 0 Å². The second-order valence-corrected chi connectivity index (χ2v) is 8.02.